The zero-order valence-electron chi connectivity index (χ0n) is 11.6. The smallest absolute Gasteiger partial charge is 0.250 e. The fourth-order valence-corrected chi connectivity index (χ4v) is 2.23. The molecule has 0 aromatic heterocycles. The maximum absolute atomic E-state index is 12.0. The lowest BCUT2D eigenvalue weighted by molar-refractivity contribution is -0.120. The number of para-hydroxylation sites is 1. The summed E-state index contributed by atoms with van der Waals surface area (Å²) in [5.74, 6) is -0.820. The normalized spacial score (nSPS) is 19.2. The minimum atomic E-state index is -0.586. The van der Waals surface area contributed by atoms with E-state index in [1.54, 1.807) is 24.3 Å². The van der Waals surface area contributed by atoms with Gasteiger partial charge in [0.2, 0.25) is 5.91 Å². The zero-order valence-corrected chi connectivity index (χ0v) is 11.6. The summed E-state index contributed by atoms with van der Waals surface area (Å²) < 4.78 is 5.32. The number of anilines is 1. The molecule has 2 amide bonds. The number of nitrogens with one attached hydrogen (secondary N) is 1. The molecular weight excluding hydrogens is 274 g/mol. The van der Waals surface area contributed by atoms with Gasteiger partial charge in [0, 0.05) is 13.1 Å². The highest BCUT2D eigenvalue weighted by atomic mass is 16.5. The molecule has 1 heterocycles. The average Bonchev–Trinajstić information content (AvgIpc) is 2.47. The van der Waals surface area contributed by atoms with E-state index in [2.05, 4.69) is 5.32 Å². The predicted octanol–water partition coefficient (Wildman–Crippen LogP) is -0.583. The van der Waals surface area contributed by atoms with E-state index in [1.807, 2.05) is 4.90 Å². The quantitative estimate of drug-likeness (QED) is 0.673. The first-order valence-corrected chi connectivity index (χ1v) is 6.73. The number of hydrogen-bond donors (Lipinski definition) is 3. The van der Waals surface area contributed by atoms with Crippen LogP contribution in [0.2, 0.25) is 0 Å². The van der Waals surface area contributed by atoms with Gasteiger partial charge < -0.3 is 20.9 Å². The summed E-state index contributed by atoms with van der Waals surface area (Å²) in [6.45, 7) is 1.72. The van der Waals surface area contributed by atoms with Gasteiger partial charge in [-0.1, -0.05) is 12.1 Å². The van der Waals surface area contributed by atoms with Gasteiger partial charge in [-0.3, -0.25) is 14.5 Å². The Morgan fingerprint density at radius 1 is 1.43 bits per heavy atom. The van der Waals surface area contributed by atoms with Crippen LogP contribution in [0.15, 0.2) is 24.3 Å². The van der Waals surface area contributed by atoms with Crippen molar-refractivity contribution in [2.24, 2.45) is 5.73 Å². The Balaban J connectivity index is 1.94. The van der Waals surface area contributed by atoms with Crippen LogP contribution in [-0.4, -0.2) is 60.8 Å². The Labute approximate surface area is 122 Å². The van der Waals surface area contributed by atoms with Crippen LogP contribution >= 0.6 is 0 Å². The Morgan fingerprint density at radius 3 is 2.90 bits per heavy atom. The molecule has 4 N–H and O–H groups in total. The van der Waals surface area contributed by atoms with E-state index < -0.39 is 5.91 Å². The molecule has 7 heteroatoms. The van der Waals surface area contributed by atoms with E-state index in [9.17, 15) is 9.59 Å². The van der Waals surface area contributed by atoms with Gasteiger partial charge in [-0.15, -0.1) is 0 Å². The van der Waals surface area contributed by atoms with Crippen molar-refractivity contribution >= 4 is 17.5 Å². The molecule has 0 spiro atoms. The summed E-state index contributed by atoms with van der Waals surface area (Å²) in [6, 6.07) is 6.60. The van der Waals surface area contributed by atoms with Crippen molar-refractivity contribution < 1.29 is 19.4 Å². The van der Waals surface area contributed by atoms with E-state index in [1.165, 1.54) is 0 Å². The number of benzene rings is 1. The van der Waals surface area contributed by atoms with Crippen LogP contribution in [0.4, 0.5) is 5.69 Å². The van der Waals surface area contributed by atoms with Gasteiger partial charge in [0.1, 0.15) is 0 Å². The summed E-state index contributed by atoms with van der Waals surface area (Å²) in [4.78, 5) is 25.2. The van der Waals surface area contributed by atoms with Crippen molar-refractivity contribution in [3.8, 4) is 0 Å². The number of aliphatic hydroxyl groups is 1. The number of carbonyl (C=O) groups excluding carboxylic acids is 2. The van der Waals surface area contributed by atoms with E-state index in [-0.39, 0.29) is 30.7 Å². The lowest BCUT2D eigenvalue weighted by atomic mass is 10.1. The summed E-state index contributed by atoms with van der Waals surface area (Å²) in [7, 11) is 0. The Kier molecular flexibility index (Phi) is 5.26. The van der Waals surface area contributed by atoms with Crippen molar-refractivity contribution in [2.45, 2.75) is 6.10 Å². The van der Waals surface area contributed by atoms with Crippen LogP contribution in [0.3, 0.4) is 0 Å². The van der Waals surface area contributed by atoms with Gasteiger partial charge in [0.25, 0.3) is 5.91 Å². The summed E-state index contributed by atoms with van der Waals surface area (Å²) in [6.07, 6.45) is -0.260. The molecule has 1 atom stereocenters. The fraction of sp³-hybridized carbons (Fsp3) is 0.429. The van der Waals surface area contributed by atoms with Crippen molar-refractivity contribution in [3.63, 3.8) is 0 Å². The van der Waals surface area contributed by atoms with Crippen LogP contribution in [0.5, 0.6) is 0 Å². The van der Waals surface area contributed by atoms with Crippen LogP contribution in [0.25, 0.3) is 0 Å². The van der Waals surface area contributed by atoms with Crippen LogP contribution in [0.1, 0.15) is 10.4 Å². The second kappa shape index (κ2) is 7.16. The zero-order chi connectivity index (χ0) is 15.2. The largest absolute Gasteiger partial charge is 0.394 e. The van der Waals surface area contributed by atoms with Gasteiger partial charge in [0.15, 0.2) is 0 Å². The molecule has 21 heavy (non-hydrogen) atoms. The second-order valence-corrected chi connectivity index (χ2v) is 4.87. The number of ether oxygens (including phenoxy) is 1. The molecule has 1 aliphatic rings. The monoisotopic (exact) mass is 293 g/mol. The molecule has 1 aromatic rings. The lowest BCUT2D eigenvalue weighted by Crippen LogP contribution is -2.46. The van der Waals surface area contributed by atoms with Crippen LogP contribution < -0.4 is 11.1 Å². The molecule has 1 aliphatic heterocycles. The number of hydrogen-bond acceptors (Lipinski definition) is 5. The number of nitrogens with zero attached hydrogens (tertiary/aromatic N) is 1. The number of primary amides is 1. The van der Waals surface area contributed by atoms with Crippen molar-refractivity contribution in [3.05, 3.63) is 29.8 Å². The Morgan fingerprint density at radius 2 is 2.19 bits per heavy atom. The van der Waals surface area contributed by atoms with E-state index in [0.717, 1.165) is 0 Å². The third-order valence-corrected chi connectivity index (χ3v) is 3.26. The molecule has 0 bridgehead atoms. The highest BCUT2D eigenvalue weighted by Gasteiger charge is 2.21. The SMILES string of the molecule is NC(=O)c1ccccc1NC(=O)CN1CCOC(CO)C1. The molecule has 2 rings (SSSR count). The third kappa shape index (κ3) is 4.25. The molecule has 1 aromatic carbocycles. The van der Waals surface area contributed by atoms with Gasteiger partial charge in [0.05, 0.1) is 37.1 Å². The molecule has 0 saturated carbocycles. The van der Waals surface area contributed by atoms with E-state index in [4.69, 9.17) is 15.6 Å². The predicted molar refractivity (Wildman–Crippen MR) is 76.9 cm³/mol. The van der Waals surface area contributed by atoms with Crippen molar-refractivity contribution in [1.29, 1.82) is 0 Å². The molecule has 1 unspecified atom stereocenters. The minimum Gasteiger partial charge on any atom is -0.394 e. The molecular formula is C14H19N3O4. The number of rotatable bonds is 5. The summed E-state index contributed by atoms with van der Waals surface area (Å²) in [5.41, 5.74) is 5.95. The number of carbonyl (C=O) groups is 2. The molecule has 114 valence electrons. The fourth-order valence-electron chi connectivity index (χ4n) is 2.23. The molecule has 1 saturated heterocycles. The Bertz CT molecular complexity index is 521. The third-order valence-electron chi connectivity index (χ3n) is 3.26. The highest BCUT2D eigenvalue weighted by Crippen LogP contribution is 2.14. The minimum absolute atomic E-state index is 0.0668. The average molecular weight is 293 g/mol. The van der Waals surface area contributed by atoms with Gasteiger partial charge in [-0.25, -0.2) is 0 Å². The first-order chi connectivity index (χ1) is 10.1. The molecule has 0 aliphatic carbocycles. The highest BCUT2D eigenvalue weighted by molar-refractivity contribution is 6.03. The topological polar surface area (TPSA) is 105 Å². The molecule has 0 radical (unpaired) electrons. The summed E-state index contributed by atoms with van der Waals surface area (Å²) >= 11 is 0. The summed E-state index contributed by atoms with van der Waals surface area (Å²) in [5, 5.41) is 11.8. The first-order valence-electron chi connectivity index (χ1n) is 6.73. The number of morpholine rings is 1. The second-order valence-electron chi connectivity index (χ2n) is 4.87. The standard InChI is InChI=1S/C14H19N3O4/c15-14(20)11-3-1-2-4-12(11)16-13(19)8-17-5-6-21-10(7-17)9-18/h1-4,10,18H,5-9H2,(H2,15,20)(H,16,19). The molecule has 7 nitrogen and oxygen atoms in total. The van der Waals surface area contributed by atoms with Crippen LogP contribution in [-0.2, 0) is 9.53 Å². The maximum Gasteiger partial charge on any atom is 0.250 e. The van der Waals surface area contributed by atoms with Gasteiger partial charge in [-0.2, -0.15) is 0 Å². The first kappa shape index (κ1) is 15.4. The number of amides is 2. The lowest BCUT2D eigenvalue weighted by Gasteiger charge is -2.31. The number of nitrogens with two attached hydrogens (primary N) is 1. The van der Waals surface area contributed by atoms with E-state index in [0.29, 0.717) is 25.4 Å². The van der Waals surface area contributed by atoms with E-state index >= 15 is 0 Å². The van der Waals surface area contributed by atoms with Crippen LogP contribution in [0, 0.1) is 0 Å². The molecule has 1 fully saturated rings. The maximum atomic E-state index is 12.0. The van der Waals surface area contributed by atoms with Gasteiger partial charge in [-0.05, 0) is 12.1 Å². The Hall–Kier alpha value is -1.96. The van der Waals surface area contributed by atoms with Gasteiger partial charge >= 0.3 is 0 Å². The van der Waals surface area contributed by atoms with Crippen molar-refractivity contribution in [1.82, 2.24) is 4.90 Å². The van der Waals surface area contributed by atoms with Crippen molar-refractivity contribution in [2.75, 3.05) is 38.2 Å². The number of aliphatic hydroxyl groups excluding tert-OH is 1.